The van der Waals surface area contributed by atoms with Gasteiger partial charge in [0.25, 0.3) is 5.91 Å². The Morgan fingerprint density at radius 2 is 2.22 bits per heavy atom. The van der Waals surface area contributed by atoms with E-state index >= 15 is 0 Å². The SMILES string of the molecule is COC1CCN(C(=O)c2cc(Cl)ncc2N)CC1. The van der Waals surface area contributed by atoms with Crippen molar-refractivity contribution in [1.82, 2.24) is 9.88 Å². The molecule has 2 N–H and O–H groups in total. The molecule has 1 aliphatic rings. The molecule has 2 heterocycles. The van der Waals surface area contributed by atoms with Crippen molar-refractivity contribution in [2.75, 3.05) is 25.9 Å². The number of pyridine rings is 1. The van der Waals surface area contributed by atoms with Gasteiger partial charge in [-0.3, -0.25) is 4.79 Å². The maximum absolute atomic E-state index is 12.3. The Bertz CT molecular complexity index is 445. The van der Waals surface area contributed by atoms with Gasteiger partial charge in [0, 0.05) is 20.2 Å². The van der Waals surface area contributed by atoms with E-state index in [0.717, 1.165) is 12.8 Å². The highest BCUT2D eigenvalue weighted by Gasteiger charge is 2.24. The van der Waals surface area contributed by atoms with Gasteiger partial charge in [0.1, 0.15) is 5.15 Å². The van der Waals surface area contributed by atoms with E-state index in [2.05, 4.69) is 4.98 Å². The van der Waals surface area contributed by atoms with Crippen LogP contribution in [0.1, 0.15) is 23.2 Å². The predicted octanol–water partition coefficient (Wildman–Crippen LogP) is 1.57. The third-order valence-electron chi connectivity index (χ3n) is 3.19. The average molecular weight is 270 g/mol. The Balaban J connectivity index is 2.10. The van der Waals surface area contributed by atoms with Crippen LogP contribution in [0.4, 0.5) is 5.69 Å². The molecular formula is C12H16ClN3O2. The molecule has 0 saturated carbocycles. The molecule has 1 aliphatic heterocycles. The van der Waals surface area contributed by atoms with Crippen molar-refractivity contribution in [2.45, 2.75) is 18.9 Å². The first-order valence-corrected chi connectivity index (χ1v) is 6.22. The fourth-order valence-electron chi connectivity index (χ4n) is 2.09. The van der Waals surface area contributed by atoms with Crippen LogP contribution in [-0.4, -0.2) is 42.1 Å². The van der Waals surface area contributed by atoms with E-state index in [9.17, 15) is 4.79 Å². The first kappa shape index (κ1) is 13.1. The van der Waals surface area contributed by atoms with Crippen molar-refractivity contribution >= 4 is 23.2 Å². The van der Waals surface area contributed by atoms with Gasteiger partial charge in [-0.05, 0) is 18.9 Å². The number of nitrogen functional groups attached to an aromatic ring is 1. The molecule has 1 amide bonds. The summed E-state index contributed by atoms with van der Waals surface area (Å²) in [5, 5.41) is 0.277. The molecule has 2 rings (SSSR count). The third-order valence-corrected chi connectivity index (χ3v) is 3.40. The van der Waals surface area contributed by atoms with Gasteiger partial charge in [0.05, 0.1) is 23.6 Å². The molecule has 0 aliphatic carbocycles. The topological polar surface area (TPSA) is 68.5 Å². The second-order valence-electron chi connectivity index (χ2n) is 4.32. The summed E-state index contributed by atoms with van der Waals surface area (Å²) in [6.45, 7) is 1.35. The third kappa shape index (κ3) is 2.73. The summed E-state index contributed by atoms with van der Waals surface area (Å²) in [7, 11) is 1.70. The molecule has 0 aromatic carbocycles. The quantitative estimate of drug-likeness (QED) is 0.828. The van der Waals surface area contributed by atoms with Gasteiger partial charge in [0.2, 0.25) is 0 Å². The molecule has 0 spiro atoms. The van der Waals surface area contributed by atoms with Crippen LogP contribution in [0.3, 0.4) is 0 Å². The maximum Gasteiger partial charge on any atom is 0.256 e. The molecule has 0 radical (unpaired) electrons. The van der Waals surface area contributed by atoms with E-state index in [0.29, 0.717) is 24.3 Å². The van der Waals surface area contributed by atoms with Gasteiger partial charge < -0.3 is 15.4 Å². The smallest absolute Gasteiger partial charge is 0.256 e. The number of aromatic nitrogens is 1. The first-order chi connectivity index (χ1) is 8.61. The second-order valence-corrected chi connectivity index (χ2v) is 4.71. The molecule has 18 heavy (non-hydrogen) atoms. The Hall–Kier alpha value is -1.33. The molecule has 0 atom stereocenters. The highest BCUT2D eigenvalue weighted by Crippen LogP contribution is 2.20. The summed E-state index contributed by atoms with van der Waals surface area (Å²) >= 11 is 5.79. The zero-order chi connectivity index (χ0) is 13.1. The number of anilines is 1. The molecule has 5 nitrogen and oxygen atoms in total. The fourth-order valence-corrected chi connectivity index (χ4v) is 2.25. The van der Waals surface area contributed by atoms with Gasteiger partial charge in [-0.25, -0.2) is 4.98 Å². The van der Waals surface area contributed by atoms with Gasteiger partial charge >= 0.3 is 0 Å². The molecule has 1 aromatic heterocycles. The highest BCUT2D eigenvalue weighted by molar-refractivity contribution is 6.29. The fraction of sp³-hybridized carbons (Fsp3) is 0.500. The van der Waals surface area contributed by atoms with Crippen molar-refractivity contribution in [1.29, 1.82) is 0 Å². The van der Waals surface area contributed by atoms with Crippen LogP contribution in [0.2, 0.25) is 5.15 Å². The predicted molar refractivity (Wildman–Crippen MR) is 69.6 cm³/mol. The molecule has 6 heteroatoms. The van der Waals surface area contributed by atoms with Crippen LogP contribution in [0.25, 0.3) is 0 Å². The number of nitrogens with two attached hydrogens (primary N) is 1. The number of halogens is 1. The minimum absolute atomic E-state index is 0.0913. The maximum atomic E-state index is 12.3. The Morgan fingerprint density at radius 3 is 2.83 bits per heavy atom. The monoisotopic (exact) mass is 269 g/mol. The number of amides is 1. The van der Waals surface area contributed by atoms with Crippen molar-refractivity contribution in [3.05, 3.63) is 23.0 Å². The van der Waals surface area contributed by atoms with Crippen LogP contribution < -0.4 is 5.73 Å². The number of likely N-dealkylation sites (tertiary alicyclic amines) is 1. The Kier molecular flexibility index (Phi) is 4.04. The number of nitrogens with zero attached hydrogens (tertiary/aromatic N) is 2. The number of ether oxygens (including phenoxy) is 1. The number of piperidine rings is 1. The highest BCUT2D eigenvalue weighted by atomic mass is 35.5. The number of hydrogen-bond acceptors (Lipinski definition) is 4. The summed E-state index contributed by atoms with van der Waals surface area (Å²) in [6.07, 6.45) is 3.35. The standard InChI is InChI=1S/C12H16ClN3O2/c1-18-8-2-4-16(5-3-8)12(17)9-6-11(13)15-7-10(9)14/h6-8H,2-5,14H2,1H3. The van der Waals surface area contributed by atoms with Gasteiger partial charge in [-0.15, -0.1) is 0 Å². The summed E-state index contributed by atoms with van der Waals surface area (Å²) in [5.74, 6) is -0.0913. The molecule has 98 valence electrons. The average Bonchev–Trinajstić information content (AvgIpc) is 2.41. The van der Waals surface area contributed by atoms with Crippen molar-refractivity contribution in [3.8, 4) is 0 Å². The number of carbonyl (C=O) groups excluding carboxylic acids is 1. The minimum atomic E-state index is -0.0913. The zero-order valence-electron chi connectivity index (χ0n) is 10.2. The summed E-state index contributed by atoms with van der Waals surface area (Å²) in [4.78, 5) is 17.9. The van der Waals surface area contributed by atoms with E-state index in [4.69, 9.17) is 22.1 Å². The lowest BCUT2D eigenvalue weighted by molar-refractivity contribution is 0.0351. The number of carbonyl (C=O) groups is 1. The molecule has 1 fully saturated rings. The van der Waals surface area contributed by atoms with Crippen molar-refractivity contribution in [2.24, 2.45) is 0 Å². The summed E-state index contributed by atoms with van der Waals surface area (Å²) < 4.78 is 5.27. The molecule has 1 aromatic rings. The largest absolute Gasteiger partial charge is 0.397 e. The Morgan fingerprint density at radius 1 is 1.56 bits per heavy atom. The van der Waals surface area contributed by atoms with Crippen LogP contribution in [0, 0.1) is 0 Å². The van der Waals surface area contributed by atoms with E-state index < -0.39 is 0 Å². The normalized spacial score (nSPS) is 16.9. The van der Waals surface area contributed by atoms with Crippen LogP contribution in [0.5, 0.6) is 0 Å². The van der Waals surface area contributed by atoms with Crippen LogP contribution >= 0.6 is 11.6 Å². The molecule has 0 unspecified atom stereocenters. The molecule has 1 saturated heterocycles. The van der Waals surface area contributed by atoms with E-state index in [1.54, 1.807) is 12.0 Å². The van der Waals surface area contributed by atoms with Crippen molar-refractivity contribution < 1.29 is 9.53 Å². The van der Waals surface area contributed by atoms with Gasteiger partial charge in [-0.2, -0.15) is 0 Å². The lowest BCUT2D eigenvalue weighted by atomic mass is 10.1. The zero-order valence-corrected chi connectivity index (χ0v) is 11.0. The van der Waals surface area contributed by atoms with Crippen molar-refractivity contribution in [3.63, 3.8) is 0 Å². The summed E-state index contributed by atoms with van der Waals surface area (Å²) in [6, 6.07) is 1.52. The molecule has 0 bridgehead atoms. The number of rotatable bonds is 2. The summed E-state index contributed by atoms with van der Waals surface area (Å²) in [5.41, 5.74) is 6.54. The minimum Gasteiger partial charge on any atom is -0.397 e. The first-order valence-electron chi connectivity index (χ1n) is 5.85. The van der Waals surface area contributed by atoms with Crippen LogP contribution in [0.15, 0.2) is 12.3 Å². The second kappa shape index (κ2) is 5.54. The van der Waals surface area contributed by atoms with E-state index in [1.165, 1.54) is 12.3 Å². The number of methoxy groups -OCH3 is 1. The van der Waals surface area contributed by atoms with E-state index in [1.807, 2.05) is 0 Å². The number of hydrogen-bond donors (Lipinski definition) is 1. The van der Waals surface area contributed by atoms with Gasteiger partial charge in [0.15, 0.2) is 0 Å². The van der Waals surface area contributed by atoms with E-state index in [-0.39, 0.29) is 17.2 Å². The van der Waals surface area contributed by atoms with Gasteiger partial charge in [-0.1, -0.05) is 11.6 Å². The molecular weight excluding hydrogens is 254 g/mol. The van der Waals surface area contributed by atoms with Crippen LogP contribution in [-0.2, 0) is 4.74 Å². The lowest BCUT2D eigenvalue weighted by Crippen LogP contribution is -2.40. The Labute approximate surface area is 111 Å². The lowest BCUT2D eigenvalue weighted by Gasteiger charge is -2.31.